The van der Waals surface area contributed by atoms with E-state index >= 15 is 0 Å². The van der Waals surface area contributed by atoms with Gasteiger partial charge in [-0.15, -0.1) is 10.2 Å². The normalized spacial score (nSPS) is 14.2. The van der Waals surface area contributed by atoms with Crippen molar-refractivity contribution in [3.63, 3.8) is 0 Å². The summed E-state index contributed by atoms with van der Waals surface area (Å²) < 4.78 is 18.5. The lowest BCUT2D eigenvalue weighted by molar-refractivity contribution is 0.208. The van der Waals surface area contributed by atoms with Gasteiger partial charge in [-0.25, -0.2) is 9.18 Å². The second-order valence-corrected chi connectivity index (χ2v) is 6.69. The van der Waals surface area contributed by atoms with Crippen LogP contribution in [0.15, 0.2) is 53.1 Å². The second-order valence-electron chi connectivity index (χ2n) is 6.29. The van der Waals surface area contributed by atoms with E-state index in [2.05, 4.69) is 20.4 Å². The maximum Gasteiger partial charge on any atom is 0.321 e. The fraction of sp³-hybridized carbons (Fsp3) is 0.211. The summed E-state index contributed by atoms with van der Waals surface area (Å²) >= 11 is 5.75. The van der Waals surface area contributed by atoms with E-state index in [1.54, 1.807) is 17.2 Å². The molecule has 0 unspecified atom stereocenters. The van der Waals surface area contributed by atoms with Gasteiger partial charge in [-0.1, -0.05) is 11.6 Å². The monoisotopic (exact) mass is 401 g/mol. The van der Waals surface area contributed by atoms with Crippen molar-refractivity contribution in [2.75, 3.05) is 36.4 Å². The van der Waals surface area contributed by atoms with Crippen molar-refractivity contribution in [2.24, 2.45) is 0 Å². The predicted octanol–water partition coefficient (Wildman–Crippen LogP) is 3.88. The predicted molar refractivity (Wildman–Crippen MR) is 104 cm³/mol. The summed E-state index contributed by atoms with van der Waals surface area (Å²) in [4.78, 5) is 16.2. The summed E-state index contributed by atoms with van der Waals surface area (Å²) in [5.41, 5.74) is 1.13. The molecule has 0 spiro atoms. The summed E-state index contributed by atoms with van der Waals surface area (Å²) in [6.07, 6.45) is 1.59. The number of piperazine rings is 1. The molecule has 0 atom stereocenters. The summed E-state index contributed by atoms with van der Waals surface area (Å²) in [5, 5.41) is 11.2. The Morgan fingerprint density at radius 1 is 1.11 bits per heavy atom. The van der Waals surface area contributed by atoms with Gasteiger partial charge in [0.1, 0.15) is 11.5 Å². The Balaban J connectivity index is 1.33. The van der Waals surface area contributed by atoms with Gasteiger partial charge in [0.05, 0.1) is 11.3 Å². The topological polar surface area (TPSA) is 74.5 Å². The zero-order valence-corrected chi connectivity index (χ0v) is 15.6. The lowest BCUT2D eigenvalue weighted by Crippen LogP contribution is -2.50. The zero-order valence-electron chi connectivity index (χ0n) is 14.8. The van der Waals surface area contributed by atoms with Crippen LogP contribution in [0, 0.1) is 5.82 Å². The molecule has 0 radical (unpaired) electrons. The number of amides is 2. The van der Waals surface area contributed by atoms with Crippen LogP contribution in [0.2, 0.25) is 5.02 Å². The van der Waals surface area contributed by atoms with Crippen molar-refractivity contribution in [2.45, 2.75) is 0 Å². The number of nitrogens with one attached hydrogen (secondary N) is 1. The van der Waals surface area contributed by atoms with Gasteiger partial charge in [0.15, 0.2) is 11.6 Å². The van der Waals surface area contributed by atoms with Gasteiger partial charge in [0, 0.05) is 31.9 Å². The Bertz CT molecular complexity index is 957. The molecular formula is C19H17ClFN5O2. The van der Waals surface area contributed by atoms with Gasteiger partial charge in [0.2, 0.25) is 0 Å². The molecule has 1 N–H and O–H groups in total. The number of carbonyl (C=O) groups is 1. The van der Waals surface area contributed by atoms with Crippen LogP contribution in [0.1, 0.15) is 0 Å². The molecule has 1 aliphatic rings. The number of hydrogen-bond acceptors (Lipinski definition) is 5. The number of rotatable bonds is 3. The van der Waals surface area contributed by atoms with Crippen LogP contribution in [0.5, 0.6) is 0 Å². The van der Waals surface area contributed by atoms with Crippen molar-refractivity contribution < 1.29 is 13.6 Å². The first-order valence-electron chi connectivity index (χ1n) is 8.74. The SMILES string of the molecule is O=C(Nc1ccc(F)c(Cl)c1)N1CCN(c2ccc(-c3ccco3)nn2)CC1. The summed E-state index contributed by atoms with van der Waals surface area (Å²) in [7, 11) is 0. The van der Waals surface area contributed by atoms with Gasteiger partial charge in [-0.2, -0.15) is 0 Å². The van der Waals surface area contributed by atoms with E-state index in [0.29, 0.717) is 43.3 Å². The molecule has 4 rings (SSSR count). The van der Waals surface area contributed by atoms with E-state index in [9.17, 15) is 9.18 Å². The Labute approximate surface area is 165 Å². The third kappa shape index (κ3) is 3.91. The molecule has 2 aromatic heterocycles. The number of benzene rings is 1. The first kappa shape index (κ1) is 18.2. The zero-order chi connectivity index (χ0) is 19.5. The van der Waals surface area contributed by atoms with E-state index in [0.717, 1.165) is 5.82 Å². The minimum Gasteiger partial charge on any atom is -0.463 e. The van der Waals surface area contributed by atoms with E-state index in [4.69, 9.17) is 16.0 Å². The first-order chi connectivity index (χ1) is 13.6. The van der Waals surface area contributed by atoms with Crippen LogP contribution in [0.4, 0.5) is 20.7 Å². The molecule has 2 amide bonds. The Kier molecular flexibility index (Phi) is 5.12. The molecule has 1 aromatic carbocycles. The molecule has 9 heteroatoms. The van der Waals surface area contributed by atoms with Crippen molar-refractivity contribution >= 4 is 29.1 Å². The number of aromatic nitrogens is 2. The van der Waals surface area contributed by atoms with E-state index in [-0.39, 0.29) is 11.1 Å². The first-order valence-corrected chi connectivity index (χ1v) is 9.11. The average Bonchev–Trinajstić information content (AvgIpc) is 3.26. The third-order valence-electron chi connectivity index (χ3n) is 4.49. The average molecular weight is 402 g/mol. The maximum atomic E-state index is 13.2. The molecule has 3 heterocycles. The van der Waals surface area contributed by atoms with Crippen molar-refractivity contribution in [1.29, 1.82) is 0 Å². The van der Waals surface area contributed by atoms with Crippen LogP contribution < -0.4 is 10.2 Å². The van der Waals surface area contributed by atoms with Crippen molar-refractivity contribution in [3.05, 3.63) is 59.6 Å². The Hall–Kier alpha value is -3.13. The molecule has 3 aromatic rings. The number of carbonyl (C=O) groups excluding carboxylic acids is 1. The highest BCUT2D eigenvalue weighted by Gasteiger charge is 2.22. The summed E-state index contributed by atoms with van der Waals surface area (Å²) in [6.45, 7) is 2.32. The van der Waals surface area contributed by atoms with E-state index in [1.807, 2.05) is 18.2 Å². The molecular weight excluding hydrogens is 385 g/mol. The Morgan fingerprint density at radius 3 is 2.57 bits per heavy atom. The molecule has 28 heavy (non-hydrogen) atoms. The van der Waals surface area contributed by atoms with Gasteiger partial charge >= 0.3 is 6.03 Å². The van der Waals surface area contributed by atoms with Crippen molar-refractivity contribution in [3.8, 4) is 11.5 Å². The highest BCUT2D eigenvalue weighted by molar-refractivity contribution is 6.31. The number of nitrogens with zero attached hydrogens (tertiary/aromatic N) is 4. The molecule has 0 aliphatic carbocycles. The smallest absolute Gasteiger partial charge is 0.321 e. The van der Waals surface area contributed by atoms with Gasteiger partial charge in [0.25, 0.3) is 0 Å². The largest absolute Gasteiger partial charge is 0.463 e. The fourth-order valence-corrected chi connectivity index (χ4v) is 3.15. The van der Waals surface area contributed by atoms with Crippen LogP contribution in [-0.4, -0.2) is 47.3 Å². The maximum absolute atomic E-state index is 13.2. The third-order valence-corrected chi connectivity index (χ3v) is 4.78. The molecule has 144 valence electrons. The van der Waals surface area contributed by atoms with Gasteiger partial charge < -0.3 is 19.5 Å². The molecule has 1 aliphatic heterocycles. The lowest BCUT2D eigenvalue weighted by Gasteiger charge is -2.35. The minimum absolute atomic E-state index is 0.0285. The molecule has 1 saturated heterocycles. The lowest BCUT2D eigenvalue weighted by atomic mass is 10.3. The quantitative estimate of drug-likeness (QED) is 0.720. The van der Waals surface area contributed by atoms with E-state index in [1.165, 1.54) is 18.2 Å². The number of hydrogen-bond donors (Lipinski definition) is 1. The number of furan rings is 1. The van der Waals surface area contributed by atoms with Crippen LogP contribution >= 0.6 is 11.6 Å². The Morgan fingerprint density at radius 2 is 1.93 bits per heavy atom. The van der Waals surface area contributed by atoms with Crippen LogP contribution in [-0.2, 0) is 0 Å². The van der Waals surface area contributed by atoms with Crippen molar-refractivity contribution in [1.82, 2.24) is 15.1 Å². The van der Waals surface area contributed by atoms with Crippen LogP contribution in [0.3, 0.4) is 0 Å². The van der Waals surface area contributed by atoms with E-state index < -0.39 is 5.82 Å². The highest BCUT2D eigenvalue weighted by Crippen LogP contribution is 2.21. The van der Waals surface area contributed by atoms with Crippen LogP contribution in [0.25, 0.3) is 11.5 Å². The molecule has 1 fully saturated rings. The number of anilines is 2. The molecule has 7 nitrogen and oxygen atoms in total. The minimum atomic E-state index is -0.521. The summed E-state index contributed by atoms with van der Waals surface area (Å²) in [6, 6.07) is 11.2. The van der Waals surface area contributed by atoms with Gasteiger partial charge in [-0.05, 0) is 42.5 Å². The number of halogens is 2. The fourth-order valence-electron chi connectivity index (χ4n) is 2.96. The summed E-state index contributed by atoms with van der Waals surface area (Å²) in [5.74, 6) is 0.898. The number of urea groups is 1. The van der Waals surface area contributed by atoms with Gasteiger partial charge in [-0.3, -0.25) is 0 Å². The molecule has 0 bridgehead atoms. The second kappa shape index (κ2) is 7.85. The molecule has 0 saturated carbocycles. The standard InChI is InChI=1S/C19H17ClFN5O2/c20-14-12-13(3-4-15(14)21)22-19(27)26-9-7-25(8-10-26)18-6-5-16(23-24-18)17-2-1-11-28-17/h1-6,11-12H,7-10H2,(H,22,27). The highest BCUT2D eigenvalue weighted by atomic mass is 35.5.